The Morgan fingerprint density at radius 2 is 2.10 bits per heavy atom. The van der Waals surface area contributed by atoms with Crippen LogP contribution in [0.1, 0.15) is 5.69 Å². The Hall–Kier alpha value is -2.34. The summed E-state index contributed by atoms with van der Waals surface area (Å²) >= 11 is 0. The van der Waals surface area contributed by atoms with Crippen LogP contribution in [0.4, 0.5) is 0 Å². The fourth-order valence-corrected chi connectivity index (χ4v) is 1.64. The number of para-hydroxylation sites is 1. The molecule has 106 valence electrons. The first-order chi connectivity index (χ1) is 9.75. The van der Waals surface area contributed by atoms with E-state index in [4.69, 9.17) is 15.2 Å². The van der Waals surface area contributed by atoms with Gasteiger partial charge < -0.3 is 20.2 Å². The predicted octanol–water partition coefficient (Wildman–Crippen LogP) is 0.902. The van der Waals surface area contributed by atoms with Crippen LogP contribution in [0.5, 0.6) is 5.75 Å². The molecule has 2 rings (SSSR count). The van der Waals surface area contributed by atoms with E-state index in [1.54, 1.807) is 12.5 Å². The summed E-state index contributed by atoms with van der Waals surface area (Å²) < 4.78 is 10.5. The second-order valence-electron chi connectivity index (χ2n) is 4.22. The molecule has 6 nitrogen and oxygen atoms in total. The Labute approximate surface area is 116 Å². The molecule has 20 heavy (non-hydrogen) atoms. The summed E-state index contributed by atoms with van der Waals surface area (Å²) in [5.41, 5.74) is 6.54. The van der Waals surface area contributed by atoms with E-state index < -0.39 is 12.0 Å². The van der Waals surface area contributed by atoms with Crippen molar-refractivity contribution in [2.24, 2.45) is 5.73 Å². The van der Waals surface area contributed by atoms with Crippen molar-refractivity contribution in [1.29, 1.82) is 0 Å². The number of nitrogens with zero attached hydrogens (tertiary/aromatic N) is 1. The Bertz CT molecular complexity index is 514. The highest BCUT2D eigenvalue weighted by atomic mass is 16.6. The Morgan fingerprint density at radius 3 is 2.80 bits per heavy atom. The minimum atomic E-state index is -0.702. The summed E-state index contributed by atoms with van der Waals surface area (Å²) in [6, 6.07) is 8.63. The highest BCUT2D eigenvalue weighted by Gasteiger charge is 2.16. The van der Waals surface area contributed by atoms with Crippen LogP contribution in [0.15, 0.2) is 42.9 Å². The van der Waals surface area contributed by atoms with E-state index >= 15 is 0 Å². The zero-order valence-electron chi connectivity index (χ0n) is 11.0. The number of H-pyrrole nitrogens is 1. The lowest BCUT2D eigenvalue weighted by Gasteiger charge is -2.11. The number of esters is 1. The van der Waals surface area contributed by atoms with E-state index in [1.165, 1.54) is 0 Å². The average Bonchev–Trinajstić information content (AvgIpc) is 2.97. The normalized spacial score (nSPS) is 11.8. The van der Waals surface area contributed by atoms with Crippen molar-refractivity contribution in [3.05, 3.63) is 48.5 Å². The van der Waals surface area contributed by atoms with Gasteiger partial charge in [-0.05, 0) is 12.1 Å². The summed E-state index contributed by atoms with van der Waals surface area (Å²) in [5.74, 6) is 0.293. The lowest BCUT2D eigenvalue weighted by atomic mass is 10.2. The van der Waals surface area contributed by atoms with Crippen LogP contribution in [0.2, 0.25) is 0 Å². The van der Waals surface area contributed by atoms with Gasteiger partial charge in [0, 0.05) is 18.3 Å². The van der Waals surface area contributed by atoms with Crippen molar-refractivity contribution in [2.45, 2.75) is 12.5 Å². The Kier molecular flexibility index (Phi) is 5.14. The number of nitrogens with two attached hydrogens (primary N) is 1. The smallest absolute Gasteiger partial charge is 0.323 e. The number of hydrogen-bond acceptors (Lipinski definition) is 5. The lowest BCUT2D eigenvalue weighted by Crippen LogP contribution is -2.35. The van der Waals surface area contributed by atoms with Gasteiger partial charge in [0.15, 0.2) is 0 Å². The molecule has 0 radical (unpaired) electrons. The highest BCUT2D eigenvalue weighted by Crippen LogP contribution is 2.07. The SMILES string of the molecule is N[C@H](Cc1cnc[nH]1)C(=O)OCCOc1ccccc1. The number of aromatic nitrogens is 2. The number of hydrogen-bond donors (Lipinski definition) is 2. The van der Waals surface area contributed by atoms with Crippen molar-refractivity contribution >= 4 is 5.97 Å². The summed E-state index contributed by atoms with van der Waals surface area (Å²) in [7, 11) is 0. The summed E-state index contributed by atoms with van der Waals surface area (Å²) in [6.45, 7) is 0.469. The molecular weight excluding hydrogens is 258 g/mol. The molecule has 1 aromatic heterocycles. The van der Waals surface area contributed by atoms with Crippen LogP contribution in [0, 0.1) is 0 Å². The molecule has 0 bridgehead atoms. The first kappa shape index (κ1) is 14.1. The molecule has 1 atom stereocenters. The van der Waals surface area contributed by atoms with Crippen molar-refractivity contribution in [3.63, 3.8) is 0 Å². The molecule has 1 aromatic carbocycles. The molecule has 6 heteroatoms. The molecule has 0 unspecified atom stereocenters. The number of carbonyl (C=O) groups excluding carboxylic acids is 1. The summed E-state index contributed by atoms with van der Waals surface area (Å²) in [5, 5.41) is 0. The van der Waals surface area contributed by atoms with Crippen LogP contribution < -0.4 is 10.5 Å². The van der Waals surface area contributed by atoms with Gasteiger partial charge in [0.25, 0.3) is 0 Å². The summed E-state index contributed by atoms with van der Waals surface area (Å²) in [4.78, 5) is 18.4. The van der Waals surface area contributed by atoms with Crippen LogP contribution in [0.3, 0.4) is 0 Å². The maximum atomic E-state index is 11.6. The maximum absolute atomic E-state index is 11.6. The second kappa shape index (κ2) is 7.30. The quantitative estimate of drug-likeness (QED) is 0.579. The van der Waals surface area contributed by atoms with E-state index in [0.29, 0.717) is 13.0 Å². The van der Waals surface area contributed by atoms with E-state index in [1.807, 2.05) is 30.3 Å². The minimum absolute atomic E-state index is 0.171. The molecule has 0 spiro atoms. The standard InChI is InChI=1S/C14H17N3O3/c15-13(8-11-9-16-10-17-11)14(18)20-7-6-19-12-4-2-1-3-5-12/h1-5,9-10,13H,6-8,15H2,(H,16,17)/t13-/m1/s1. The topological polar surface area (TPSA) is 90.2 Å². The molecular formula is C14H17N3O3. The van der Waals surface area contributed by atoms with Crippen molar-refractivity contribution in [2.75, 3.05) is 13.2 Å². The molecule has 0 amide bonds. The third kappa shape index (κ3) is 4.40. The Balaban J connectivity index is 1.65. The highest BCUT2D eigenvalue weighted by molar-refractivity contribution is 5.75. The van der Waals surface area contributed by atoms with Gasteiger partial charge in [0.1, 0.15) is 25.0 Å². The zero-order chi connectivity index (χ0) is 14.2. The molecule has 1 heterocycles. The third-order valence-corrected chi connectivity index (χ3v) is 2.64. The largest absolute Gasteiger partial charge is 0.490 e. The first-order valence-corrected chi connectivity index (χ1v) is 6.33. The zero-order valence-corrected chi connectivity index (χ0v) is 11.0. The number of aromatic amines is 1. The van der Waals surface area contributed by atoms with Gasteiger partial charge in [0.2, 0.25) is 0 Å². The Morgan fingerprint density at radius 1 is 1.30 bits per heavy atom. The molecule has 2 aromatic rings. The molecule has 0 saturated heterocycles. The fourth-order valence-electron chi connectivity index (χ4n) is 1.64. The van der Waals surface area contributed by atoms with E-state index in [9.17, 15) is 4.79 Å². The number of nitrogens with one attached hydrogen (secondary N) is 1. The van der Waals surface area contributed by atoms with Crippen LogP contribution >= 0.6 is 0 Å². The molecule has 0 aliphatic carbocycles. The molecule has 0 aliphatic heterocycles. The fraction of sp³-hybridized carbons (Fsp3) is 0.286. The lowest BCUT2D eigenvalue weighted by molar-refractivity contribution is -0.145. The van der Waals surface area contributed by atoms with Gasteiger partial charge >= 0.3 is 5.97 Å². The van der Waals surface area contributed by atoms with Crippen LogP contribution in [-0.4, -0.2) is 35.2 Å². The monoisotopic (exact) mass is 275 g/mol. The van der Waals surface area contributed by atoms with Gasteiger partial charge in [-0.15, -0.1) is 0 Å². The van der Waals surface area contributed by atoms with E-state index in [0.717, 1.165) is 11.4 Å². The molecule has 3 N–H and O–H groups in total. The first-order valence-electron chi connectivity index (χ1n) is 6.33. The van der Waals surface area contributed by atoms with Gasteiger partial charge in [-0.25, -0.2) is 4.98 Å². The predicted molar refractivity (Wildman–Crippen MR) is 73.2 cm³/mol. The van der Waals surface area contributed by atoms with Gasteiger partial charge in [-0.2, -0.15) is 0 Å². The van der Waals surface area contributed by atoms with Crippen molar-refractivity contribution in [3.8, 4) is 5.75 Å². The molecule has 0 saturated carbocycles. The molecule has 0 aliphatic rings. The number of imidazole rings is 1. The van der Waals surface area contributed by atoms with Crippen molar-refractivity contribution < 1.29 is 14.3 Å². The summed E-state index contributed by atoms with van der Waals surface area (Å²) in [6.07, 6.45) is 3.55. The average molecular weight is 275 g/mol. The van der Waals surface area contributed by atoms with Gasteiger partial charge in [0.05, 0.1) is 6.33 Å². The molecule has 0 fully saturated rings. The minimum Gasteiger partial charge on any atom is -0.490 e. The maximum Gasteiger partial charge on any atom is 0.323 e. The van der Waals surface area contributed by atoms with E-state index in [-0.39, 0.29) is 6.61 Å². The number of ether oxygens (including phenoxy) is 2. The van der Waals surface area contributed by atoms with Gasteiger partial charge in [-0.1, -0.05) is 18.2 Å². The van der Waals surface area contributed by atoms with Crippen molar-refractivity contribution in [1.82, 2.24) is 9.97 Å². The third-order valence-electron chi connectivity index (χ3n) is 2.64. The van der Waals surface area contributed by atoms with Gasteiger partial charge in [-0.3, -0.25) is 4.79 Å². The number of carbonyl (C=O) groups is 1. The van der Waals surface area contributed by atoms with E-state index in [2.05, 4.69) is 9.97 Å². The van der Waals surface area contributed by atoms with Crippen LogP contribution in [-0.2, 0) is 16.0 Å². The number of benzene rings is 1. The van der Waals surface area contributed by atoms with Crippen LogP contribution in [0.25, 0.3) is 0 Å². The number of rotatable bonds is 7. The second-order valence-corrected chi connectivity index (χ2v) is 4.22.